The van der Waals surface area contributed by atoms with E-state index >= 15 is 0 Å². The standard InChI is InChI=1S/C17H22N4O2/c1-4-23-14-7-5-13(6-8-14)21-17(22)15-10-20-16(11-18-15)19-9-12(2)3/h5-8,10-12H,4,9H2,1-3H3,(H,19,20)(H,21,22). The molecule has 6 heteroatoms. The fraction of sp³-hybridized carbons (Fsp3) is 0.353. The lowest BCUT2D eigenvalue weighted by Gasteiger charge is -2.09. The molecule has 0 aliphatic heterocycles. The van der Waals surface area contributed by atoms with Crippen LogP contribution < -0.4 is 15.4 Å². The van der Waals surface area contributed by atoms with Crippen LogP contribution in [0.4, 0.5) is 11.5 Å². The molecule has 0 aliphatic carbocycles. The van der Waals surface area contributed by atoms with Gasteiger partial charge in [0.25, 0.3) is 5.91 Å². The van der Waals surface area contributed by atoms with Gasteiger partial charge in [-0.25, -0.2) is 9.97 Å². The van der Waals surface area contributed by atoms with Crippen molar-refractivity contribution in [3.63, 3.8) is 0 Å². The van der Waals surface area contributed by atoms with E-state index in [1.54, 1.807) is 18.3 Å². The maximum absolute atomic E-state index is 12.1. The lowest BCUT2D eigenvalue weighted by Crippen LogP contribution is -2.15. The minimum atomic E-state index is -0.294. The highest BCUT2D eigenvalue weighted by atomic mass is 16.5. The third kappa shape index (κ3) is 5.25. The molecule has 0 saturated carbocycles. The Morgan fingerprint density at radius 3 is 2.48 bits per heavy atom. The molecule has 0 fully saturated rings. The SMILES string of the molecule is CCOc1ccc(NC(=O)c2cnc(NCC(C)C)cn2)cc1. The molecule has 23 heavy (non-hydrogen) atoms. The molecule has 6 nitrogen and oxygen atoms in total. The predicted molar refractivity (Wildman–Crippen MR) is 90.9 cm³/mol. The number of rotatable bonds is 7. The van der Waals surface area contributed by atoms with Gasteiger partial charge in [-0.3, -0.25) is 4.79 Å². The summed E-state index contributed by atoms with van der Waals surface area (Å²) < 4.78 is 5.36. The van der Waals surface area contributed by atoms with Crippen molar-refractivity contribution in [1.82, 2.24) is 9.97 Å². The number of hydrogen-bond donors (Lipinski definition) is 2. The molecule has 0 unspecified atom stereocenters. The number of carbonyl (C=O) groups excluding carboxylic acids is 1. The fourth-order valence-corrected chi connectivity index (χ4v) is 1.84. The lowest BCUT2D eigenvalue weighted by atomic mass is 10.2. The van der Waals surface area contributed by atoms with E-state index in [0.717, 1.165) is 12.3 Å². The molecule has 0 spiro atoms. The molecule has 0 atom stereocenters. The third-order valence-corrected chi connectivity index (χ3v) is 3.00. The Morgan fingerprint density at radius 1 is 1.17 bits per heavy atom. The second-order valence-electron chi connectivity index (χ2n) is 5.47. The van der Waals surface area contributed by atoms with Gasteiger partial charge in [-0.2, -0.15) is 0 Å². The molecule has 1 aromatic heterocycles. The molecule has 2 N–H and O–H groups in total. The van der Waals surface area contributed by atoms with E-state index in [0.29, 0.717) is 24.0 Å². The largest absolute Gasteiger partial charge is 0.494 e. The van der Waals surface area contributed by atoms with Crippen molar-refractivity contribution in [2.24, 2.45) is 5.92 Å². The summed E-state index contributed by atoms with van der Waals surface area (Å²) in [4.78, 5) is 20.5. The van der Waals surface area contributed by atoms with Gasteiger partial charge in [-0.05, 0) is 37.1 Å². The molecule has 122 valence electrons. The molecule has 2 aromatic rings. The third-order valence-electron chi connectivity index (χ3n) is 3.00. The number of nitrogens with one attached hydrogen (secondary N) is 2. The molecule has 0 bridgehead atoms. The summed E-state index contributed by atoms with van der Waals surface area (Å²) in [6.07, 6.45) is 3.03. The van der Waals surface area contributed by atoms with E-state index in [4.69, 9.17) is 4.74 Å². The summed E-state index contributed by atoms with van der Waals surface area (Å²) in [6.45, 7) is 7.57. The zero-order valence-electron chi connectivity index (χ0n) is 13.7. The van der Waals surface area contributed by atoms with Gasteiger partial charge < -0.3 is 15.4 Å². The number of ether oxygens (including phenoxy) is 1. The highest BCUT2D eigenvalue weighted by Crippen LogP contribution is 2.16. The van der Waals surface area contributed by atoms with Crippen molar-refractivity contribution >= 4 is 17.4 Å². The van der Waals surface area contributed by atoms with Crippen LogP contribution in [0.5, 0.6) is 5.75 Å². The van der Waals surface area contributed by atoms with E-state index in [1.165, 1.54) is 6.20 Å². The van der Waals surface area contributed by atoms with Gasteiger partial charge in [-0.15, -0.1) is 0 Å². The van der Waals surface area contributed by atoms with Crippen LogP contribution in [0.3, 0.4) is 0 Å². The van der Waals surface area contributed by atoms with Crippen LogP contribution in [-0.4, -0.2) is 29.0 Å². The molecule has 1 amide bonds. The van der Waals surface area contributed by atoms with E-state index in [9.17, 15) is 4.79 Å². The summed E-state index contributed by atoms with van der Waals surface area (Å²) in [5.41, 5.74) is 0.955. The van der Waals surface area contributed by atoms with Gasteiger partial charge in [0.2, 0.25) is 0 Å². The first-order valence-electron chi connectivity index (χ1n) is 7.68. The van der Waals surface area contributed by atoms with E-state index in [2.05, 4.69) is 34.4 Å². The van der Waals surface area contributed by atoms with Crippen molar-refractivity contribution in [1.29, 1.82) is 0 Å². The average molecular weight is 314 g/mol. The normalized spacial score (nSPS) is 10.4. The summed E-state index contributed by atoms with van der Waals surface area (Å²) in [6, 6.07) is 7.19. The number of anilines is 2. The smallest absolute Gasteiger partial charge is 0.275 e. The average Bonchev–Trinajstić information content (AvgIpc) is 2.55. The maximum atomic E-state index is 12.1. The van der Waals surface area contributed by atoms with Gasteiger partial charge in [0, 0.05) is 12.2 Å². The Labute approximate surface area is 136 Å². The lowest BCUT2D eigenvalue weighted by molar-refractivity contribution is 0.102. The van der Waals surface area contributed by atoms with Gasteiger partial charge >= 0.3 is 0 Å². The Hall–Kier alpha value is -2.63. The van der Waals surface area contributed by atoms with Gasteiger partial charge in [0.05, 0.1) is 19.0 Å². The summed E-state index contributed by atoms with van der Waals surface area (Å²) >= 11 is 0. The maximum Gasteiger partial charge on any atom is 0.275 e. The fourth-order valence-electron chi connectivity index (χ4n) is 1.84. The molecule has 1 heterocycles. The molecular formula is C17H22N4O2. The van der Waals surface area contributed by atoms with Crippen LogP contribution in [-0.2, 0) is 0 Å². The number of nitrogens with zero attached hydrogens (tertiary/aromatic N) is 2. The molecule has 1 aromatic carbocycles. The molecule has 0 aliphatic rings. The first-order chi connectivity index (χ1) is 11.1. The quantitative estimate of drug-likeness (QED) is 0.821. The number of benzene rings is 1. The second kappa shape index (κ2) is 8.12. The van der Waals surface area contributed by atoms with Crippen LogP contribution in [0.25, 0.3) is 0 Å². The second-order valence-corrected chi connectivity index (χ2v) is 5.47. The van der Waals surface area contributed by atoms with Crippen LogP contribution in [0, 0.1) is 5.92 Å². The van der Waals surface area contributed by atoms with Crippen molar-refractivity contribution < 1.29 is 9.53 Å². The molecule has 2 rings (SSSR count). The number of aromatic nitrogens is 2. The van der Waals surface area contributed by atoms with Gasteiger partial charge in [0.1, 0.15) is 17.3 Å². The van der Waals surface area contributed by atoms with Crippen LogP contribution in [0.1, 0.15) is 31.3 Å². The summed E-state index contributed by atoms with van der Waals surface area (Å²) in [5.74, 6) is 1.65. The highest BCUT2D eigenvalue weighted by molar-refractivity contribution is 6.02. The van der Waals surface area contributed by atoms with Crippen molar-refractivity contribution in [3.05, 3.63) is 42.4 Å². The topological polar surface area (TPSA) is 76.1 Å². The summed E-state index contributed by atoms with van der Waals surface area (Å²) in [7, 11) is 0. The first kappa shape index (κ1) is 16.7. The Bertz CT molecular complexity index is 624. The van der Waals surface area contributed by atoms with E-state index in [-0.39, 0.29) is 11.6 Å². The van der Waals surface area contributed by atoms with Crippen molar-refractivity contribution in [3.8, 4) is 5.75 Å². The predicted octanol–water partition coefficient (Wildman–Crippen LogP) is 3.20. The molecule has 0 radical (unpaired) electrons. The zero-order valence-corrected chi connectivity index (χ0v) is 13.7. The van der Waals surface area contributed by atoms with E-state index in [1.807, 2.05) is 19.1 Å². The van der Waals surface area contributed by atoms with Crippen molar-refractivity contribution in [2.75, 3.05) is 23.8 Å². The minimum absolute atomic E-state index is 0.272. The van der Waals surface area contributed by atoms with Crippen LogP contribution in [0.2, 0.25) is 0 Å². The molecular weight excluding hydrogens is 292 g/mol. The van der Waals surface area contributed by atoms with Gasteiger partial charge in [0.15, 0.2) is 0 Å². The van der Waals surface area contributed by atoms with E-state index < -0.39 is 0 Å². The number of carbonyl (C=O) groups is 1. The number of hydrogen-bond acceptors (Lipinski definition) is 5. The van der Waals surface area contributed by atoms with Crippen LogP contribution in [0.15, 0.2) is 36.7 Å². The summed E-state index contributed by atoms with van der Waals surface area (Å²) in [5, 5.41) is 5.94. The highest BCUT2D eigenvalue weighted by Gasteiger charge is 2.09. The molecule has 0 saturated heterocycles. The van der Waals surface area contributed by atoms with Crippen molar-refractivity contribution in [2.45, 2.75) is 20.8 Å². The van der Waals surface area contributed by atoms with Gasteiger partial charge in [-0.1, -0.05) is 13.8 Å². The zero-order chi connectivity index (χ0) is 16.7. The van der Waals surface area contributed by atoms with Crippen LogP contribution >= 0.6 is 0 Å². The Kier molecular flexibility index (Phi) is 5.91. The Balaban J connectivity index is 1.94. The Morgan fingerprint density at radius 2 is 1.91 bits per heavy atom. The monoisotopic (exact) mass is 314 g/mol. The number of amides is 1. The first-order valence-corrected chi connectivity index (χ1v) is 7.68. The minimum Gasteiger partial charge on any atom is -0.494 e.